The molecular weight excluding hydrogens is 351 g/mol. The van der Waals surface area contributed by atoms with E-state index in [1.165, 1.54) is 29.2 Å². The second-order valence-corrected chi connectivity index (χ2v) is 6.65. The minimum atomic E-state index is -4.60. The number of phenols is 1. The highest BCUT2D eigenvalue weighted by molar-refractivity contribution is 5.68. The molecule has 9 heteroatoms. The number of aromatic nitrogens is 2. The summed E-state index contributed by atoms with van der Waals surface area (Å²) < 4.78 is 45.9. The van der Waals surface area contributed by atoms with Gasteiger partial charge in [0.1, 0.15) is 11.4 Å². The molecule has 0 saturated heterocycles. The van der Waals surface area contributed by atoms with Crippen molar-refractivity contribution in [2.75, 3.05) is 6.54 Å². The number of carbonyl (C=O) groups excluding carboxylic acids is 1. The van der Waals surface area contributed by atoms with Gasteiger partial charge in [0.15, 0.2) is 0 Å². The fourth-order valence-electron chi connectivity index (χ4n) is 2.23. The maximum Gasteiger partial charge on any atom is 0.417 e. The van der Waals surface area contributed by atoms with E-state index in [1.807, 2.05) is 0 Å². The lowest BCUT2D eigenvalue weighted by Gasteiger charge is -2.19. The predicted molar refractivity (Wildman–Crippen MR) is 88.6 cm³/mol. The summed E-state index contributed by atoms with van der Waals surface area (Å²) >= 11 is 0. The molecule has 2 aromatic rings. The van der Waals surface area contributed by atoms with Gasteiger partial charge in [0.25, 0.3) is 0 Å². The molecule has 0 aliphatic rings. The zero-order chi connectivity index (χ0) is 19.5. The zero-order valence-corrected chi connectivity index (χ0v) is 14.6. The van der Waals surface area contributed by atoms with Crippen molar-refractivity contribution in [3.8, 4) is 16.9 Å². The fraction of sp³-hybridized carbons (Fsp3) is 0.412. The number of hydrogen-bond donors (Lipinski definition) is 2. The Balaban J connectivity index is 2.06. The van der Waals surface area contributed by atoms with E-state index in [0.29, 0.717) is 6.07 Å². The topological polar surface area (TPSA) is 76.4 Å². The highest BCUT2D eigenvalue weighted by Crippen LogP contribution is 2.38. The number of nitrogens with zero attached hydrogens (tertiary/aromatic N) is 2. The van der Waals surface area contributed by atoms with E-state index in [9.17, 15) is 23.1 Å². The normalized spacial score (nSPS) is 12.1. The fourth-order valence-corrected chi connectivity index (χ4v) is 2.23. The number of carbonyl (C=O) groups is 1. The largest absolute Gasteiger partial charge is 0.508 e. The molecule has 0 spiro atoms. The number of aromatic hydroxyl groups is 1. The van der Waals surface area contributed by atoms with Gasteiger partial charge in [-0.1, -0.05) is 0 Å². The van der Waals surface area contributed by atoms with Crippen molar-refractivity contribution in [1.29, 1.82) is 0 Å². The number of ether oxygens (including phenoxy) is 1. The van der Waals surface area contributed by atoms with Crippen LogP contribution in [0, 0.1) is 0 Å². The summed E-state index contributed by atoms with van der Waals surface area (Å²) in [6.07, 6.45) is -2.44. The molecule has 2 rings (SSSR count). The van der Waals surface area contributed by atoms with Gasteiger partial charge >= 0.3 is 12.3 Å². The molecule has 1 amide bonds. The molecule has 0 aliphatic carbocycles. The van der Waals surface area contributed by atoms with Crippen LogP contribution in [-0.2, 0) is 17.5 Å². The highest BCUT2D eigenvalue weighted by atomic mass is 19.4. The third kappa shape index (κ3) is 5.40. The molecule has 0 atom stereocenters. The third-order valence-corrected chi connectivity index (χ3v) is 3.26. The van der Waals surface area contributed by atoms with Crippen molar-refractivity contribution < 1.29 is 27.8 Å². The molecule has 2 N–H and O–H groups in total. The summed E-state index contributed by atoms with van der Waals surface area (Å²) in [5.74, 6) is -0.463. The average molecular weight is 371 g/mol. The molecule has 0 radical (unpaired) electrons. The number of phenolic OH excluding ortho intramolecular Hbond substituents is 1. The summed E-state index contributed by atoms with van der Waals surface area (Å²) in [4.78, 5) is 11.6. The van der Waals surface area contributed by atoms with E-state index in [2.05, 4.69) is 10.4 Å². The lowest BCUT2D eigenvalue weighted by Crippen LogP contribution is -2.34. The maximum absolute atomic E-state index is 13.1. The van der Waals surface area contributed by atoms with Crippen LogP contribution in [0.1, 0.15) is 26.3 Å². The van der Waals surface area contributed by atoms with E-state index in [-0.39, 0.29) is 24.2 Å². The lowest BCUT2D eigenvalue weighted by atomic mass is 10.0. The summed E-state index contributed by atoms with van der Waals surface area (Å²) in [5, 5.41) is 15.9. The van der Waals surface area contributed by atoms with Crippen molar-refractivity contribution in [2.24, 2.45) is 0 Å². The van der Waals surface area contributed by atoms with Crippen LogP contribution in [0.15, 0.2) is 30.6 Å². The quantitative estimate of drug-likeness (QED) is 0.857. The SMILES string of the molecule is CC(C)(C)OC(=O)NCCn1cc(-c2ccc(O)cc2C(F)(F)F)cn1. The number of alkyl carbamates (subject to hydrolysis) is 1. The Morgan fingerprint density at radius 1 is 1.31 bits per heavy atom. The second-order valence-electron chi connectivity index (χ2n) is 6.65. The van der Waals surface area contributed by atoms with Crippen molar-refractivity contribution in [1.82, 2.24) is 15.1 Å². The van der Waals surface area contributed by atoms with E-state index in [1.54, 1.807) is 20.8 Å². The molecule has 0 aliphatic heterocycles. The lowest BCUT2D eigenvalue weighted by molar-refractivity contribution is -0.137. The van der Waals surface area contributed by atoms with Gasteiger partial charge in [-0.2, -0.15) is 18.3 Å². The van der Waals surface area contributed by atoms with E-state index in [4.69, 9.17) is 4.74 Å². The summed E-state index contributed by atoms with van der Waals surface area (Å²) in [6, 6.07) is 3.06. The van der Waals surface area contributed by atoms with Crippen LogP contribution in [0.3, 0.4) is 0 Å². The second kappa shape index (κ2) is 7.27. The van der Waals surface area contributed by atoms with E-state index >= 15 is 0 Å². The average Bonchev–Trinajstić information content (AvgIpc) is 2.93. The molecule has 1 aromatic carbocycles. The Hall–Kier alpha value is -2.71. The first-order valence-corrected chi connectivity index (χ1v) is 7.85. The molecule has 0 unspecified atom stereocenters. The van der Waals surface area contributed by atoms with Crippen molar-refractivity contribution in [2.45, 2.75) is 39.1 Å². The number of rotatable bonds is 4. The molecule has 1 aromatic heterocycles. The number of halogens is 3. The number of benzene rings is 1. The summed E-state index contributed by atoms with van der Waals surface area (Å²) in [6.45, 7) is 5.68. The molecular formula is C17H20F3N3O3. The van der Waals surface area contributed by atoms with Gasteiger partial charge in [0.05, 0.1) is 18.3 Å². The van der Waals surface area contributed by atoms with Gasteiger partial charge in [0.2, 0.25) is 0 Å². The highest BCUT2D eigenvalue weighted by Gasteiger charge is 2.34. The minimum absolute atomic E-state index is 0.0818. The number of alkyl halides is 3. The molecule has 0 bridgehead atoms. The van der Waals surface area contributed by atoms with Gasteiger partial charge in [0, 0.05) is 18.3 Å². The predicted octanol–water partition coefficient (Wildman–Crippen LogP) is 3.80. The number of nitrogens with one attached hydrogen (secondary N) is 1. The molecule has 0 saturated carbocycles. The maximum atomic E-state index is 13.1. The Kier molecular flexibility index (Phi) is 5.48. The molecule has 0 fully saturated rings. The smallest absolute Gasteiger partial charge is 0.417 e. The third-order valence-electron chi connectivity index (χ3n) is 3.26. The minimum Gasteiger partial charge on any atom is -0.508 e. The van der Waals surface area contributed by atoms with Crippen LogP contribution in [-0.4, -0.2) is 33.1 Å². The van der Waals surface area contributed by atoms with E-state index < -0.39 is 29.2 Å². The van der Waals surface area contributed by atoms with Crippen LogP contribution < -0.4 is 5.32 Å². The number of amides is 1. The zero-order valence-electron chi connectivity index (χ0n) is 14.6. The van der Waals surface area contributed by atoms with Crippen LogP contribution in [0.4, 0.5) is 18.0 Å². The standard InChI is InChI=1S/C17H20F3N3O3/c1-16(2,3)26-15(25)21-6-7-23-10-11(9-22-23)13-5-4-12(24)8-14(13)17(18,19)20/h4-5,8-10,24H,6-7H2,1-3H3,(H,21,25). The molecule has 142 valence electrons. The van der Waals surface area contributed by atoms with Crippen molar-refractivity contribution in [3.05, 3.63) is 36.2 Å². The Morgan fingerprint density at radius 3 is 2.62 bits per heavy atom. The van der Waals surface area contributed by atoms with Crippen molar-refractivity contribution >= 4 is 6.09 Å². The van der Waals surface area contributed by atoms with Crippen LogP contribution in [0.5, 0.6) is 5.75 Å². The van der Waals surface area contributed by atoms with Gasteiger partial charge in [-0.25, -0.2) is 4.79 Å². The molecule has 6 nitrogen and oxygen atoms in total. The first-order chi connectivity index (χ1) is 12.0. The summed E-state index contributed by atoms with van der Waals surface area (Å²) in [5.41, 5.74) is -1.38. The number of hydrogen-bond acceptors (Lipinski definition) is 4. The Bertz CT molecular complexity index is 780. The monoisotopic (exact) mass is 371 g/mol. The van der Waals surface area contributed by atoms with Crippen LogP contribution in [0.25, 0.3) is 11.1 Å². The van der Waals surface area contributed by atoms with Crippen LogP contribution >= 0.6 is 0 Å². The molecule has 26 heavy (non-hydrogen) atoms. The van der Waals surface area contributed by atoms with Gasteiger partial charge in [-0.05, 0) is 44.5 Å². The van der Waals surface area contributed by atoms with Crippen molar-refractivity contribution in [3.63, 3.8) is 0 Å². The Labute approximate surface area is 148 Å². The van der Waals surface area contributed by atoms with Gasteiger partial charge in [-0.15, -0.1) is 0 Å². The van der Waals surface area contributed by atoms with Crippen LogP contribution in [0.2, 0.25) is 0 Å². The summed E-state index contributed by atoms with van der Waals surface area (Å²) in [7, 11) is 0. The van der Waals surface area contributed by atoms with Gasteiger partial charge < -0.3 is 15.2 Å². The van der Waals surface area contributed by atoms with E-state index in [0.717, 1.165) is 0 Å². The Morgan fingerprint density at radius 2 is 2.00 bits per heavy atom. The molecule has 1 heterocycles. The van der Waals surface area contributed by atoms with Gasteiger partial charge in [-0.3, -0.25) is 4.68 Å². The first-order valence-electron chi connectivity index (χ1n) is 7.85. The first kappa shape index (κ1) is 19.6.